The van der Waals surface area contributed by atoms with Crippen molar-refractivity contribution in [1.29, 1.82) is 0 Å². The van der Waals surface area contributed by atoms with Crippen molar-refractivity contribution in [2.45, 2.75) is 6.42 Å². The first kappa shape index (κ1) is 22.2. The molecule has 33 heavy (non-hydrogen) atoms. The normalized spacial score (nSPS) is 25.5. The van der Waals surface area contributed by atoms with Crippen LogP contribution in [0.4, 0.5) is 0 Å². The molecule has 2 bridgehead atoms. The minimum Gasteiger partial charge on any atom is -0.468 e. The molecule has 3 atom stereocenters. The molecule has 2 aliphatic carbocycles. The molecule has 0 amide bonds. The molecule has 7 nitrogen and oxygen atoms in total. The first-order valence-electron chi connectivity index (χ1n) is 10.3. The zero-order valence-electron chi connectivity index (χ0n) is 18.2. The maximum Gasteiger partial charge on any atom is 0.324 e. The maximum absolute atomic E-state index is 14.2. The number of fused-ring (bicyclic) bond motifs is 2. The second-order valence-electron chi connectivity index (χ2n) is 7.87. The largest absolute Gasteiger partial charge is 0.468 e. The number of rotatable bonds is 6. The highest BCUT2D eigenvalue weighted by Crippen LogP contribution is 2.70. The minimum absolute atomic E-state index is 0.244. The van der Waals surface area contributed by atoms with E-state index in [-0.39, 0.29) is 12.0 Å². The van der Waals surface area contributed by atoms with Gasteiger partial charge in [-0.1, -0.05) is 67.2 Å². The van der Waals surface area contributed by atoms with Gasteiger partial charge in [-0.25, -0.2) is 0 Å². The van der Waals surface area contributed by atoms with Gasteiger partial charge in [-0.05, 0) is 28.7 Å². The maximum atomic E-state index is 14.2. The lowest BCUT2D eigenvalue weighted by Gasteiger charge is -2.34. The van der Waals surface area contributed by atoms with E-state index in [2.05, 4.69) is 6.58 Å². The van der Waals surface area contributed by atoms with Crippen LogP contribution in [0.1, 0.15) is 17.5 Å². The third-order valence-electron chi connectivity index (χ3n) is 6.50. The number of Topliss-reactive ketones (excluding diaryl/α,β-unsaturated/α-hetero) is 1. The van der Waals surface area contributed by atoms with Crippen LogP contribution in [-0.4, -0.2) is 37.9 Å². The molecule has 0 aromatic heterocycles. The summed E-state index contributed by atoms with van der Waals surface area (Å²) in [6.45, 7) is 3.40. The Balaban J connectivity index is 2.19. The monoisotopic (exact) mass is 446 g/mol. The van der Waals surface area contributed by atoms with E-state index in [9.17, 15) is 19.2 Å². The molecule has 4 rings (SSSR count). The van der Waals surface area contributed by atoms with Gasteiger partial charge in [0, 0.05) is 0 Å². The van der Waals surface area contributed by atoms with Gasteiger partial charge in [-0.2, -0.15) is 0 Å². The van der Waals surface area contributed by atoms with Gasteiger partial charge in [0.15, 0.2) is 16.6 Å². The summed E-state index contributed by atoms with van der Waals surface area (Å²) in [5.41, 5.74) is -2.32. The van der Waals surface area contributed by atoms with E-state index in [1.54, 1.807) is 60.7 Å². The minimum atomic E-state index is -2.09. The van der Waals surface area contributed by atoms with E-state index >= 15 is 0 Å². The summed E-state index contributed by atoms with van der Waals surface area (Å²) in [5, 5.41) is 0. The van der Waals surface area contributed by atoms with Crippen LogP contribution in [-0.2, 0) is 33.4 Å². The number of carbonyl (C=O) groups is 4. The Kier molecular flexibility index (Phi) is 5.49. The Morgan fingerprint density at radius 1 is 0.879 bits per heavy atom. The predicted octanol–water partition coefficient (Wildman–Crippen LogP) is 3.21. The summed E-state index contributed by atoms with van der Waals surface area (Å²) in [6, 6.07) is 17.5. The number of carbonyl (C=O) groups excluding carboxylic acids is 4. The highest BCUT2D eigenvalue weighted by atomic mass is 16.5. The van der Waals surface area contributed by atoms with Gasteiger partial charge in [-0.15, -0.1) is 0 Å². The average molecular weight is 446 g/mol. The van der Waals surface area contributed by atoms with Gasteiger partial charge >= 0.3 is 17.9 Å². The van der Waals surface area contributed by atoms with E-state index in [1.165, 1.54) is 7.11 Å². The van der Waals surface area contributed by atoms with Crippen LogP contribution in [0.15, 0.2) is 73.5 Å². The highest BCUT2D eigenvalue weighted by molar-refractivity contribution is 6.39. The van der Waals surface area contributed by atoms with Gasteiger partial charge < -0.3 is 14.2 Å². The van der Waals surface area contributed by atoms with Gasteiger partial charge in [0.05, 0.1) is 26.4 Å². The van der Waals surface area contributed by atoms with Crippen molar-refractivity contribution in [3.63, 3.8) is 0 Å². The number of methoxy groups -OCH3 is 2. The second kappa shape index (κ2) is 8.16. The fraction of sp³-hybridized carbons (Fsp3) is 0.231. The van der Waals surface area contributed by atoms with Crippen molar-refractivity contribution in [1.82, 2.24) is 0 Å². The molecule has 7 heteroatoms. The number of esters is 3. The third kappa shape index (κ3) is 2.81. The molecule has 3 unspecified atom stereocenters. The van der Waals surface area contributed by atoms with Crippen molar-refractivity contribution >= 4 is 34.8 Å². The lowest BCUT2D eigenvalue weighted by molar-refractivity contribution is -0.162. The van der Waals surface area contributed by atoms with E-state index in [0.717, 1.165) is 13.4 Å². The van der Waals surface area contributed by atoms with Crippen molar-refractivity contribution in [2.75, 3.05) is 14.2 Å². The molecule has 0 radical (unpaired) electrons. The molecule has 168 valence electrons. The summed E-state index contributed by atoms with van der Waals surface area (Å²) < 4.78 is 15.2. The number of hydrogen-bond donors (Lipinski definition) is 0. The van der Waals surface area contributed by atoms with Crippen LogP contribution in [0, 0.1) is 16.7 Å². The van der Waals surface area contributed by atoms with Crippen molar-refractivity contribution < 1.29 is 33.4 Å². The number of ketones is 1. The third-order valence-corrected chi connectivity index (χ3v) is 6.50. The van der Waals surface area contributed by atoms with E-state index in [4.69, 9.17) is 14.2 Å². The van der Waals surface area contributed by atoms with Crippen LogP contribution < -0.4 is 0 Å². The van der Waals surface area contributed by atoms with Crippen LogP contribution in [0.25, 0.3) is 11.1 Å². The van der Waals surface area contributed by atoms with Crippen LogP contribution in [0.2, 0.25) is 0 Å². The Morgan fingerprint density at radius 3 is 1.88 bits per heavy atom. The lowest BCUT2D eigenvalue weighted by Crippen LogP contribution is -2.45. The summed E-state index contributed by atoms with van der Waals surface area (Å²) in [6.07, 6.45) is 0.638. The molecule has 0 N–H and O–H groups in total. The molecule has 2 aromatic carbocycles. The fourth-order valence-corrected chi connectivity index (χ4v) is 5.31. The molecule has 0 saturated heterocycles. The molecule has 2 aromatic rings. The van der Waals surface area contributed by atoms with Crippen molar-refractivity contribution in [3.8, 4) is 0 Å². The molecule has 0 heterocycles. The molecule has 2 aliphatic rings. The summed E-state index contributed by atoms with van der Waals surface area (Å²) in [4.78, 5) is 54.1. The predicted molar refractivity (Wildman–Crippen MR) is 118 cm³/mol. The molecular formula is C26H22O7. The number of benzene rings is 2. The number of ether oxygens (including phenoxy) is 3. The Labute approximate surface area is 190 Å². The van der Waals surface area contributed by atoms with Gasteiger partial charge in [0.1, 0.15) is 0 Å². The standard InChI is InChI=1S/C26H22O7/c1-4-33-21(27)18-15-25(23(29)31-2)19(16-11-7-5-8-12-16)20(17-13-9-6-10-14-17)26(18,22(25)28)24(30)32-3/h4-14,18H,1,15H2,2-3H3. The smallest absolute Gasteiger partial charge is 0.324 e. The van der Waals surface area contributed by atoms with Crippen LogP contribution in [0.5, 0.6) is 0 Å². The fourth-order valence-electron chi connectivity index (χ4n) is 5.31. The van der Waals surface area contributed by atoms with E-state index in [1.807, 2.05) is 0 Å². The van der Waals surface area contributed by atoms with E-state index in [0.29, 0.717) is 16.7 Å². The summed E-state index contributed by atoms with van der Waals surface area (Å²) in [7, 11) is 2.31. The lowest BCUT2D eigenvalue weighted by atomic mass is 9.66. The van der Waals surface area contributed by atoms with Crippen molar-refractivity contribution in [2.24, 2.45) is 16.7 Å². The Bertz CT molecular complexity index is 1180. The first-order valence-corrected chi connectivity index (χ1v) is 10.3. The SMILES string of the molecule is C=COC(=O)C1CC2(C(=O)OC)C(=O)C1(C(=O)OC)C(c1ccccc1)=C2c1ccccc1. The molecular weight excluding hydrogens is 424 g/mol. The zero-order valence-corrected chi connectivity index (χ0v) is 18.2. The molecule has 0 aliphatic heterocycles. The van der Waals surface area contributed by atoms with E-state index < -0.39 is 40.4 Å². The summed E-state index contributed by atoms with van der Waals surface area (Å²) in [5.74, 6) is -4.70. The topological polar surface area (TPSA) is 96.0 Å². The average Bonchev–Trinajstić information content (AvgIpc) is 3.26. The molecule has 1 fully saturated rings. The number of hydrogen-bond acceptors (Lipinski definition) is 7. The highest BCUT2D eigenvalue weighted by Gasteiger charge is 2.80. The Hall–Kier alpha value is -4.00. The van der Waals surface area contributed by atoms with Crippen LogP contribution in [0.3, 0.4) is 0 Å². The van der Waals surface area contributed by atoms with Gasteiger partial charge in [0.2, 0.25) is 0 Å². The molecule has 1 saturated carbocycles. The molecule has 0 spiro atoms. The first-order chi connectivity index (χ1) is 15.9. The van der Waals surface area contributed by atoms with Gasteiger partial charge in [-0.3, -0.25) is 19.2 Å². The second-order valence-corrected chi connectivity index (χ2v) is 7.87. The van der Waals surface area contributed by atoms with Gasteiger partial charge in [0.25, 0.3) is 0 Å². The van der Waals surface area contributed by atoms with Crippen LogP contribution >= 0.6 is 0 Å². The zero-order chi connectivity index (χ0) is 23.8. The quantitative estimate of drug-likeness (QED) is 0.291. The summed E-state index contributed by atoms with van der Waals surface area (Å²) >= 11 is 0. The van der Waals surface area contributed by atoms with Crippen molar-refractivity contribution in [3.05, 3.63) is 84.6 Å². The Morgan fingerprint density at radius 2 is 1.39 bits per heavy atom.